The van der Waals surface area contributed by atoms with Crippen molar-refractivity contribution in [3.05, 3.63) is 12.2 Å². The molecule has 0 aromatic rings. The summed E-state index contributed by atoms with van der Waals surface area (Å²) >= 11 is 0. The van der Waals surface area contributed by atoms with E-state index in [0.717, 1.165) is 70.6 Å². The summed E-state index contributed by atoms with van der Waals surface area (Å²) in [4.78, 5) is 119. The van der Waals surface area contributed by atoms with Crippen molar-refractivity contribution in [3.63, 3.8) is 0 Å². The number of likely N-dealkylation sites (tertiary alicyclic amines) is 2. The smallest absolute Gasteiger partial charge is 0.345 e. The van der Waals surface area contributed by atoms with Crippen LogP contribution in [0.1, 0.15) is 199 Å². The molecule has 0 bridgehead atoms. The number of nitrogens with one attached hydrogen (secondary N) is 1. The van der Waals surface area contributed by atoms with Gasteiger partial charge in [-0.15, -0.1) is 0 Å². The lowest BCUT2D eigenvalue weighted by molar-refractivity contribution is -0.175. The van der Waals surface area contributed by atoms with E-state index in [0.29, 0.717) is 44.2 Å². The first kappa shape index (κ1) is 78.3. The molecule has 2 aliphatic heterocycles. The van der Waals surface area contributed by atoms with Gasteiger partial charge in [-0.2, -0.15) is 0 Å². The quantitative estimate of drug-likeness (QED) is 0.0123. The first-order chi connectivity index (χ1) is 39.9. The van der Waals surface area contributed by atoms with Crippen molar-refractivity contribution in [3.8, 4) is 0 Å². The lowest BCUT2D eigenvalue weighted by atomic mass is 9.79. The topological polar surface area (TPSA) is 368 Å². The van der Waals surface area contributed by atoms with Crippen molar-refractivity contribution in [1.82, 2.24) is 15.1 Å². The average Bonchev–Trinajstić information content (AvgIpc) is 1.81. The number of aliphatic hydroxyl groups excluding tert-OH is 2. The van der Waals surface area contributed by atoms with Gasteiger partial charge in [0.05, 0.1) is 34.6 Å². The number of ether oxygens (including phenoxy) is 4. The largest absolute Gasteiger partial charge is 0.481 e. The highest BCUT2D eigenvalue weighted by Crippen LogP contribution is 2.38. The second-order valence-corrected chi connectivity index (χ2v) is 25.7. The molecule has 494 valence electrons. The van der Waals surface area contributed by atoms with Gasteiger partial charge in [-0.1, -0.05) is 78.4 Å². The zero-order valence-corrected chi connectivity index (χ0v) is 53.5. The van der Waals surface area contributed by atoms with E-state index in [9.17, 15) is 73.5 Å². The summed E-state index contributed by atoms with van der Waals surface area (Å²) in [6.07, 6.45) is 9.56. The summed E-state index contributed by atoms with van der Waals surface area (Å²) in [5.74, 6) is -9.63. The van der Waals surface area contributed by atoms with Crippen LogP contribution in [0.15, 0.2) is 12.2 Å². The van der Waals surface area contributed by atoms with Crippen LogP contribution in [-0.2, 0) is 66.9 Å². The van der Waals surface area contributed by atoms with E-state index in [4.69, 9.17) is 29.2 Å². The third-order valence-electron chi connectivity index (χ3n) is 17.7. The number of carboxylic acids is 5. The molecule has 8 atom stereocenters. The van der Waals surface area contributed by atoms with Crippen LogP contribution in [0.4, 0.5) is 0 Å². The fourth-order valence-corrected chi connectivity index (χ4v) is 10.1. The van der Waals surface area contributed by atoms with E-state index in [-0.39, 0.29) is 69.0 Å². The Hall–Kier alpha value is -5.72. The molecular formula is C62H105N3O21. The zero-order chi connectivity index (χ0) is 66.1. The highest BCUT2D eigenvalue weighted by atomic mass is 16.6. The molecule has 0 radical (unpaired) electrons. The van der Waals surface area contributed by atoms with Crippen molar-refractivity contribution < 1.29 is 103 Å². The Kier molecular flexibility index (Phi) is 33.3. The van der Waals surface area contributed by atoms with Crippen molar-refractivity contribution in [1.29, 1.82) is 0 Å². The lowest BCUT2D eigenvalue weighted by Crippen LogP contribution is -2.48. The van der Waals surface area contributed by atoms with Crippen LogP contribution >= 0.6 is 0 Å². The van der Waals surface area contributed by atoms with Gasteiger partial charge in [0.2, 0.25) is 12.0 Å². The molecule has 2 heterocycles. The Balaban J connectivity index is 0.000000579. The molecule has 1 amide bonds. The van der Waals surface area contributed by atoms with Gasteiger partial charge in [0.25, 0.3) is 0 Å². The molecule has 86 heavy (non-hydrogen) atoms. The average molecular weight is 1230 g/mol. The van der Waals surface area contributed by atoms with Crippen LogP contribution in [0, 0.1) is 51.2 Å². The van der Waals surface area contributed by atoms with Crippen LogP contribution in [0.2, 0.25) is 0 Å². The third kappa shape index (κ3) is 24.8. The van der Waals surface area contributed by atoms with E-state index in [1.54, 1.807) is 62.3 Å². The summed E-state index contributed by atoms with van der Waals surface area (Å²) in [5, 5.41) is 69.2. The second-order valence-electron chi connectivity index (χ2n) is 25.7. The molecule has 2 saturated heterocycles. The number of rotatable bonds is 28. The fourth-order valence-electron chi connectivity index (χ4n) is 10.1. The van der Waals surface area contributed by atoms with Crippen LogP contribution in [-0.4, -0.2) is 175 Å². The minimum atomic E-state index is -1.34. The van der Waals surface area contributed by atoms with Crippen molar-refractivity contribution in [2.45, 2.75) is 230 Å². The predicted molar refractivity (Wildman–Crippen MR) is 316 cm³/mol. The Morgan fingerprint density at radius 1 is 0.558 bits per heavy atom. The number of nitrogens with zero attached hydrogens (tertiary/aromatic N) is 2. The zero-order valence-electron chi connectivity index (χ0n) is 53.5. The molecule has 0 aromatic heterocycles. The van der Waals surface area contributed by atoms with Crippen LogP contribution < -0.4 is 5.32 Å². The van der Waals surface area contributed by atoms with Gasteiger partial charge in [0.1, 0.15) is 50.3 Å². The number of carbonyl (C=O) groups excluding carboxylic acids is 5. The normalized spacial score (nSPS) is 21.1. The Morgan fingerprint density at radius 2 is 0.988 bits per heavy atom. The summed E-state index contributed by atoms with van der Waals surface area (Å²) in [5.41, 5.74) is -1.79. The molecule has 0 spiro atoms. The maximum Gasteiger partial charge on any atom is 0.345 e. The van der Waals surface area contributed by atoms with E-state index in [1.807, 2.05) is 27.7 Å². The van der Waals surface area contributed by atoms with Crippen LogP contribution in [0.25, 0.3) is 0 Å². The molecule has 2 saturated carbocycles. The van der Waals surface area contributed by atoms with Gasteiger partial charge in [-0.3, -0.25) is 53.0 Å². The molecule has 8 unspecified atom stereocenters. The molecule has 24 nitrogen and oxygen atoms in total. The molecule has 8 N–H and O–H groups in total. The summed E-state index contributed by atoms with van der Waals surface area (Å²) in [6, 6.07) is -1.88. The predicted octanol–water partition coefficient (Wildman–Crippen LogP) is 7.53. The van der Waals surface area contributed by atoms with Gasteiger partial charge in [0.15, 0.2) is 0 Å². The summed E-state index contributed by atoms with van der Waals surface area (Å²) in [6.45, 7) is 27.5. The first-order valence-corrected chi connectivity index (χ1v) is 30.6. The highest BCUT2D eigenvalue weighted by Gasteiger charge is 2.49. The van der Waals surface area contributed by atoms with Gasteiger partial charge < -0.3 is 60.0 Å². The Morgan fingerprint density at radius 3 is 1.38 bits per heavy atom. The van der Waals surface area contributed by atoms with Crippen LogP contribution in [0.3, 0.4) is 0 Å². The van der Waals surface area contributed by atoms with E-state index < -0.39 is 112 Å². The number of aliphatic hydroxyl groups is 2. The van der Waals surface area contributed by atoms with Crippen molar-refractivity contribution >= 4 is 59.6 Å². The minimum absolute atomic E-state index is 0.0205. The number of carbonyl (C=O) groups is 10. The number of hydrogen-bond donors (Lipinski definition) is 8. The molecule has 4 fully saturated rings. The lowest BCUT2D eigenvalue weighted by Gasteiger charge is -2.30. The number of esters is 4. The Labute approximate surface area is 508 Å². The standard InChI is InChI=1S/C18H29NO7.C17H29NO5.C14H24O4.C13H23NO5/c1-6-18(4,5)17(25)26-9-13(20)19-8-12(10(2)3)11(7-14(21)22)15(19)16(23)24;1-4-17(2,3)16(22)23-11-10-18-14(19)13(15(20)21)12-8-6-5-7-9-12;1-4-14(2,3)13(17)18-11(12(15)16)10-8-6-5-7-9-10;1-4-13(2,3)12(18)19-8-10(15)14-7-5-6-9(14)11(16)17/h11-13,15,20H,2,6-9H2,1,3-5H3,(H,21,22)(H,23,24);12-13H,4-11H2,1-3H3,(H,18,19)(H,20,21);10-11H,4-9H2,1-3H3,(H,15,16);9-10,15H,4-8H2,1-3H3,(H,16,17). The third-order valence-corrected chi connectivity index (χ3v) is 17.7. The van der Waals surface area contributed by atoms with Gasteiger partial charge in [0, 0.05) is 24.9 Å². The summed E-state index contributed by atoms with van der Waals surface area (Å²) < 4.78 is 20.6. The molecule has 2 aliphatic carbocycles. The van der Waals surface area contributed by atoms with Crippen molar-refractivity contribution in [2.75, 3.05) is 39.5 Å². The molecule has 0 aromatic carbocycles. The Bertz CT molecular complexity index is 2250. The number of carboxylic acid groups (broad SMARTS) is 5. The molecule has 24 heteroatoms. The second kappa shape index (κ2) is 36.6. The van der Waals surface area contributed by atoms with E-state index >= 15 is 0 Å². The highest BCUT2D eigenvalue weighted by molar-refractivity contribution is 5.97. The SMILES string of the molecule is C=C(C)C1CN(C(O)COC(=O)C(C)(C)CC)C(C(=O)O)C1CC(=O)O.CCC(C)(C)C(=O)OC(C(=O)O)C1CCCCC1.CCC(C)(C)C(=O)OCC(O)N1CCCC1C(=O)O.CCC(C)(C)C(=O)OCCNC(=O)C(C(=O)O)C1CCCCC1. The minimum Gasteiger partial charge on any atom is -0.481 e. The number of hydrogen-bond acceptors (Lipinski definition) is 18. The summed E-state index contributed by atoms with van der Waals surface area (Å²) in [7, 11) is 0. The maximum absolute atomic E-state index is 12.1. The number of amides is 1. The molecule has 4 aliphatic rings. The van der Waals surface area contributed by atoms with Gasteiger partial charge in [-0.05, 0) is 138 Å². The molecular weight excluding hydrogens is 1120 g/mol. The van der Waals surface area contributed by atoms with E-state index in [1.165, 1.54) is 9.80 Å². The maximum atomic E-state index is 12.1. The molecule has 4 rings (SSSR count). The van der Waals surface area contributed by atoms with Crippen molar-refractivity contribution in [2.24, 2.45) is 51.2 Å². The first-order valence-electron chi connectivity index (χ1n) is 30.6. The fraction of sp³-hybridized carbons (Fsp3) is 0.806. The van der Waals surface area contributed by atoms with Gasteiger partial charge >= 0.3 is 53.7 Å². The van der Waals surface area contributed by atoms with E-state index in [2.05, 4.69) is 11.9 Å². The van der Waals surface area contributed by atoms with Crippen LogP contribution in [0.5, 0.6) is 0 Å². The monoisotopic (exact) mass is 1230 g/mol. The van der Waals surface area contributed by atoms with Gasteiger partial charge in [-0.25, -0.2) is 4.79 Å². The number of aliphatic carboxylic acids is 5.